The van der Waals surface area contributed by atoms with Crippen LogP contribution in [0.5, 0.6) is 0 Å². The SMILES string of the molecule is CSCCC(NC(=O)C(CCC(N)=O)NC(=O)C1CCCN1C(=O)C1CCCN1)C(=O)O. The summed E-state index contributed by atoms with van der Waals surface area (Å²) in [5.74, 6) is -2.59. The maximum absolute atomic E-state index is 13.0. The van der Waals surface area contributed by atoms with Gasteiger partial charge in [0.1, 0.15) is 18.1 Å². The van der Waals surface area contributed by atoms with E-state index >= 15 is 0 Å². The van der Waals surface area contributed by atoms with Gasteiger partial charge in [0.05, 0.1) is 6.04 Å². The van der Waals surface area contributed by atoms with Crippen molar-refractivity contribution in [1.82, 2.24) is 20.9 Å². The summed E-state index contributed by atoms with van der Waals surface area (Å²) in [7, 11) is 0. The number of nitrogens with zero attached hydrogens (tertiary/aromatic N) is 1. The second kappa shape index (κ2) is 12.6. The van der Waals surface area contributed by atoms with Crippen molar-refractivity contribution in [3.8, 4) is 0 Å². The Bertz CT molecular complexity index is 715. The number of primary amides is 1. The lowest BCUT2D eigenvalue weighted by Crippen LogP contribution is -2.56. The zero-order valence-electron chi connectivity index (χ0n) is 18.3. The van der Waals surface area contributed by atoms with Crippen molar-refractivity contribution < 1.29 is 29.1 Å². The average molecular weight is 472 g/mol. The normalized spacial score (nSPS) is 22.2. The van der Waals surface area contributed by atoms with Gasteiger partial charge in [0.2, 0.25) is 23.6 Å². The standard InChI is InChI=1S/C20H33N5O6S/c1-32-11-8-14(20(30)31)24-17(27)12(6-7-16(21)26)23-18(28)15-5-3-10-25(15)19(29)13-4-2-9-22-13/h12-15,22H,2-11H2,1H3,(H2,21,26)(H,23,28)(H,24,27)(H,30,31). The Morgan fingerprint density at radius 2 is 1.88 bits per heavy atom. The largest absolute Gasteiger partial charge is 0.480 e. The van der Waals surface area contributed by atoms with E-state index in [1.165, 1.54) is 11.8 Å². The number of carboxylic acid groups (broad SMARTS) is 1. The minimum absolute atomic E-state index is 0.0629. The van der Waals surface area contributed by atoms with Crippen LogP contribution in [-0.2, 0) is 24.0 Å². The number of nitrogens with one attached hydrogen (secondary N) is 3. The Labute approximate surface area is 191 Å². The average Bonchev–Trinajstić information content (AvgIpc) is 3.45. The monoisotopic (exact) mass is 471 g/mol. The highest BCUT2D eigenvalue weighted by atomic mass is 32.2. The Balaban J connectivity index is 2.06. The van der Waals surface area contributed by atoms with E-state index in [9.17, 15) is 29.1 Å². The molecule has 0 aromatic heterocycles. The Morgan fingerprint density at radius 3 is 2.47 bits per heavy atom. The summed E-state index contributed by atoms with van der Waals surface area (Å²) >= 11 is 1.45. The van der Waals surface area contributed by atoms with Crippen LogP contribution in [0.3, 0.4) is 0 Å². The van der Waals surface area contributed by atoms with Crippen LogP contribution in [0.4, 0.5) is 0 Å². The third-order valence-electron chi connectivity index (χ3n) is 5.73. The molecule has 2 aliphatic rings. The van der Waals surface area contributed by atoms with Crippen molar-refractivity contribution in [1.29, 1.82) is 0 Å². The molecule has 2 aliphatic heterocycles. The van der Waals surface area contributed by atoms with Crippen molar-refractivity contribution in [3.05, 3.63) is 0 Å². The second-order valence-electron chi connectivity index (χ2n) is 8.09. The summed E-state index contributed by atoms with van der Waals surface area (Å²) in [6.45, 7) is 1.22. The van der Waals surface area contributed by atoms with Crippen LogP contribution in [-0.4, -0.2) is 88.9 Å². The highest BCUT2D eigenvalue weighted by molar-refractivity contribution is 7.98. The molecule has 4 atom stereocenters. The highest BCUT2D eigenvalue weighted by Crippen LogP contribution is 2.21. The van der Waals surface area contributed by atoms with Crippen LogP contribution >= 0.6 is 11.8 Å². The molecule has 0 radical (unpaired) electrons. The van der Waals surface area contributed by atoms with Crippen LogP contribution in [0, 0.1) is 0 Å². The quantitative estimate of drug-likeness (QED) is 0.236. The highest BCUT2D eigenvalue weighted by Gasteiger charge is 2.39. The fourth-order valence-electron chi connectivity index (χ4n) is 3.99. The lowest BCUT2D eigenvalue weighted by atomic mass is 10.1. The number of aliphatic carboxylic acids is 1. The van der Waals surface area contributed by atoms with Gasteiger partial charge in [-0.15, -0.1) is 0 Å². The Morgan fingerprint density at radius 1 is 1.12 bits per heavy atom. The maximum Gasteiger partial charge on any atom is 0.326 e. The maximum atomic E-state index is 13.0. The third kappa shape index (κ3) is 7.37. The van der Waals surface area contributed by atoms with Gasteiger partial charge in [-0.2, -0.15) is 11.8 Å². The van der Waals surface area contributed by atoms with Crippen LogP contribution in [0.2, 0.25) is 0 Å². The molecule has 2 rings (SSSR count). The molecule has 0 aromatic carbocycles. The van der Waals surface area contributed by atoms with E-state index in [4.69, 9.17) is 5.73 Å². The number of carbonyl (C=O) groups excluding carboxylic acids is 4. The summed E-state index contributed by atoms with van der Waals surface area (Å²) in [4.78, 5) is 62.8. The first-order valence-corrected chi connectivity index (χ1v) is 12.3. The van der Waals surface area contributed by atoms with E-state index in [0.29, 0.717) is 25.1 Å². The molecular weight excluding hydrogens is 438 g/mol. The Kier molecular flexibility index (Phi) is 10.2. The van der Waals surface area contributed by atoms with Crippen molar-refractivity contribution in [3.63, 3.8) is 0 Å². The number of rotatable bonds is 12. The summed E-state index contributed by atoms with van der Waals surface area (Å²) in [5, 5.41) is 17.6. The summed E-state index contributed by atoms with van der Waals surface area (Å²) < 4.78 is 0. The number of nitrogens with two attached hydrogens (primary N) is 1. The molecular formula is C20H33N5O6S. The van der Waals surface area contributed by atoms with Gasteiger partial charge in [-0.25, -0.2) is 4.79 Å². The summed E-state index contributed by atoms with van der Waals surface area (Å²) in [6.07, 6.45) is 4.60. The van der Waals surface area contributed by atoms with Crippen LogP contribution in [0.25, 0.3) is 0 Å². The van der Waals surface area contributed by atoms with E-state index in [2.05, 4.69) is 16.0 Å². The molecule has 4 amide bonds. The number of amides is 4. The van der Waals surface area contributed by atoms with Gasteiger partial charge in [-0.3, -0.25) is 19.2 Å². The fourth-order valence-corrected chi connectivity index (χ4v) is 4.46. The molecule has 0 aromatic rings. The van der Waals surface area contributed by atoms with Crippen molar-refractivity contribution in [2.45, 2.75) is 69.1 Å². The third-order valence-corrected chi connectivity index (χ3v) is 6.38. The minimum atomic E-state index is -1.18. The topological polar surface area (TPSA) is 171 Å². The van der Waals surface area contributed by atoms with Gasteiger partial charge in [-0.1, -0.05) is 0 Å². The fraction of sp³-hybridized carbons (Fsp3) is 0.750. The molecule has 0 saturated carbocycles. The van der Waals surface area contributed by atoms with Gasteiger partial charge in [0, 0.05) is 13.0 Å². The van der Waals surface area contributed by atoms with Crippen molar-refractivity contribution in [2.24, 2.45) is 5.73 Å². The number of hydrogen-bond donors (Lipinski definition) is 5. The molecule has 0 spiro atoms. The zero-order chi connectivity index (χ0) is 23.7. The Hall–Kier alpha value is -2.34. The molecule has 4 unspecified atom stereocenters. The minimum Gasteiger partial charge on any atom is -0.480 e. The molecule has 2 saturated heterocycles. The van der Waals surface area contributed by atoms with Gasteiger partial charge < -0.3 is 31.7 Å². The van der Waals surface area contributed by atoms with E-state index in [0.717, 1.165) is 19.4 Å². The van der Waals surface area contributed by atoms with Gasteiger partial charge >= 0.3 is 5.97 Å². The number of likely N-dealkylation sites (tertiary alicyclic amines) is 1. The molecule has 6 N–H and O–H groups in total. The van der Waals surface area contributed by atoms with Crippen LogP contribution in [0.15, 0.2) is 0 Å². The zero-order valence-corrected chi connectivity index (χ0v) is 19.1. The van der Waals surface area contributed by atoms with Crippen LogP contribution < -0.4 is 21.7 Å². The van der Waals surface area contributed by atoms with E-state index in [1.54, 1.807) is 4.90 Å². The number of carboxylic acids is 1. The van der Waals surface area contributed by atoms with E-state index in [1.807, 2.05) is 6.26 Å². The van der Waals surface area contributed by atoms with Gasteiger partial charge in [-0.05, 0) is 57.1 Å². The first-order chi connectivity index (χ1) is 15.2. The van der Waals surface area contributed by atoms with Gasteiger partial charge in [0.15, 0.2) is 0 Å². The van der Waals surface area contributed by atoms with E-state index < -0.39 is 41.8 Å². The second-order valence-corrected chi connectivity index (χ2v) is 9.07. The van der Waals surface area contributed by atoms with Gasteiger partial charge in [0.25, 0.3) is 0 Å². The molecule has 0 aliphatic carbocycles. The number of carbonyl (C=O) groups is 5. The lowest BCUT2D eigenvalue weighted by Gasteiger charge is -2.28. The summed E-state index contributed by atoms with van der Waals surface area (Å²) in [6, 6.07) is -3.25. The smallest absolute Gasteiger partial charge is 0.326 e. The molecule has 11 nitrogen and oxygen atoms in total. The number of hydrogen-bond acceptors (Lipinski definition) is 7. The predicted molar refractivity (Wildman–Crippen MR) is 119 cm³/mol. The lowest BCUT2D eigenvalue weighted by molar-refractivity contribution is -0.143. The predicted octanol–water partition coefficient (Wildman–Crippen LogP) is -1.20. The molecule has 32 heavy (non-hydrogen) atoms. The first kappa shape index (κ1) is 25.9. The number of thioether (sulfide) groups is 1. The van der Waals surface area contributed by atoms with Crippen molar-refractivity contribution in [2.75, 3.05) is 25.1 Å². The van der Waals surface area contributed by atoms with E-state index in [-0.39, 0.29) is 31.2 Å². The molecule has 180 valence electrons. The molecule has 0 bridgehead atoms. The first-order valence-electron chi connectivity index (χ1n) is 10.9. The molecule has 12 heteroatoms. The van der Waals surface area contributed by atoms with Crippen LogP contribution in [0.1, 0.15) is 44.9 Å². The molecule has 2 heterocycles. The molecule has 2 fully saturated rings. The van der Waals surface area contributed by atoms with Crippen molar-refractivity contribution >= 4 is 41.4 Å². The summed E-state index contributed by atoms with van der Waals surface area (Å²) in [5.41, 5.74) is 5.20.